The van der Waals surface area contributed by atoms with Crippen LogP contribution in [0.2, 0.25) is 0 Å². The molecule has 3 aromatic carbocycles. The minimum Gasteiger partial charge on any atom is -0.508 e. The summed E-state index contributed by atoms with van der Waals surface area (Å²) in [6, 6.07) is 12.1. The van der Waals surface area contributed by atoms with Crippen molar-refractivity contribution in [1.29, 1.82) is 0 Å². The molecule has 2 atom stereocenters. The Hall–Kier alpha value is -6.58. The first-order valence-electron chi connectivity index (χ1n) is 18.5. The first-order chi connectivity index (χ1) is 26.7. The summed E-state index contributed by atoms with van der Waals surface area (Å²) in [5.41, 5.74) is 2.64. The summed E-state index contributed by atoms with van der Waals surface area (Å²) in [5.74, 6) is -3.25. The normalized spacial score (nSPS) is 15.8. The number of hydrogen-bond acceptors (Lipinski definition) is 10. The van der Waals surface area contributed by atoms with Gasteiger partial charge in [-0.3, -0.25) is 38.7 Å². The van der Waals surface area contributed by atoms with Gasteiger partial charge in [-0.2, -0.15) is 0 Å². The van der Waals surface area contributed by atoms with Gasteiger partial charge in [0.2, 0.25) is 23.5 Å². The van der Waals surface area contributed by atoms with Crippen LogP contribution in [0.25, 0.3) is 17.1 Å². The predicted octanol–water partition coefficient (Wildman–Crippen LogP) is 3.76. The van der Waals surface area contributed by atoms with Crippen molar-refractivity contribution in [3.8, 4) is 28.6 Å². The maximum absolute atomic E-state index is 13.8. The van der Waals surface area contributed by atoms with Gasteiger partial charge in [0.05, 0.1) is 5.56 Å². The second kappa shape index (κ2) is 16.0. The molecule has 56 heavy (non-hydrogen) atoms. The zero-order valence-corrected chi connectivity index (χ0v) is 31.7. The molecule has 1 aromatic heterocycles. The van der Waals surface area contributed by atoms with Crippen LogP contribution in [-0.4, -0.2) is 83.9 Å². The molecule has 6 amide bonds. The Balaban J connectivity index is 1.23. The van der Waals surface area contributed by atoms with Gasteiger partial charge < -0.3 is 31.1 Å². The summed E-state index contributed by atoms with van der Waals surface area (Å²) in [6.45, 7) is 9.73. The van der Waals surface area contributed by atoms with E-state index in [1.54, 1.807) is 43.3 Å². The molecule has 2 aliphatic rings. The highest BCUT2D eigenvalue weighted by atomic mass is 16.3. The van der Waals surface area contributed by atoms with Crippen molar-refractivity contribution < 1.29 is 39.0 Å². The van der Waals surface area contributed by atoms with Crippen molar-refractivity contribution in [2.75, 3.05) is 11.9 Å². The molecule has 0 bridgehead atoms. The summed E-state index contributed by atoms with van der Waals surface area (Å²) < 4.78 is 1.45. The second-order valence-corrected chi connectivity index (χ2v) is 14.5. The molecule has 6 N–H and O–H groups in total. The zero-order valence-electron chi connectivity index (χ0n) is 31.7. The fourth-order valence-corrected chi connectivity index (χ4v) is 6.95. The van der Waals surface area contributed by atoms with E-state index in [1.165, 1.54) is 27.7 Å². The molecule has 0 aliphatic carbocycles. The number of benzene rings is 3. The molecule has 16 heteroatoms. The van der Waals surface area contributed by atoms with E-state index in [0.717, 1.165) is 0 Å². The average molecular weight is 765 g/mol. The number of piperidine rings is 1. The van der Waals surface area contributed by atoms with Gasteiger partial charge in [0.25, 0.3) is 17.7 Å². The van der Waals surface area contributed by atoms with Crippen molar-refractivity contribution in [2.45, 2.75) is 78.4 Å². The number of nitrogens with one attached hydrogen (secondary N) is 4. The van der Waals surface area contributed by atoms with E-state index >= 15 is 0 Å². The predicted molar refractivity (Wildman–Crippen MR) is 204 cm³/mol. The van der Waals surface area contributed by atoms with Crippen LogP contribution in [0.1, 0.15) is 102 Å². The summed E-state index contributed by atoms with van der Waals surface area (Å²) in [4.78, 5) is 79.5. The number of imide groups is 1. The van der Waals surface area contributed by atoms with E-state index in [9.17, 15) is 39.0 Å². The van der Waals surface area contributed by atoms with E-state index in [0.29, 0.717) is 41.0 Å². The monoisotopic (exact) mass is 764 g/mol. The van der Waals surface area contributed by atoms with Crippen LogP contribution in [0.15, 0.2) is 54.6 Å². The van der Waals surface area contributed by atoms with Crippen LogP contribution >= 0.6 is 0 Å². The largest absolute Gasteiger partial charge is 0.508 e. The maximum Gasteiger partial charge on any atom is 0.289 e. The smallest absolute Gasteiger partial charge is 0.289 e. The van der Waals surface area contributed by atoms with Crippen molar-refractivity contribution in [2.24, 2.45) is 5.92 Å². The van der Waals surface area contributed by atoms with Crippen molar-refractivity contribution in [3.05, 3.63) is 82.7 Å². The Bertz CT molecular complexity index is 2230. The number of amides is 6. The number of aromatic nitrogens is 3. The van der Waals surface area contributed by atoms with E-state index in [-0.39, 0.29) is 77.3 Å². The molecule has 16 nitrogen and oxygen atoms in total. The van der Waals surface area contributed by atoms with Crippen LogP contribution in [0, 0.1) is 5.92 Å². The van der Waals surface area contributed by atoms with Gasteiger partial charge in [-0.1, -0.05) is 33.8 Å². The number of nitrogens with zero attached hydrogens (tertiary/aromatic N) is 4. The maximum atomic E-state index is 13.8. The number of carbonyl (C=O) groups excluding carboxylic acids is 6. The number of anilines is 1. The van der Waals surface area contributed by atoms with Gasteiger partial charge in [0.15, 0.2) is 5.82 Å². The molecule has 3 heterocycles. The van der Waals surface area contributed by atoms with Crippen molar-refractivity contribution in [3.63, 3.8) is 0 Å². The van der Waals surface area contributed by atoms with Crippen molar-refractivity contribution in [1.82, 2.24) is 35.6 Å². The van der Waals surface area contributed by atoms with Gasteiger partial charge in [-0.15, -0.1) is 10.2 Å². The van der Waals surface area contributed by atoms with Crippen LogP contribution < -0.4 is 21.3 Å². The number of hydrogen-bond donors (Lipinski definition) is 6. The molecule has 0 spiro atoms. The molecule has 4 aromatic rings. The molecular formula is C40H44N8O8. The summed E-state index contributed by atoms with van der Waals surface area (Å²) in [6.07, 6.45) is 0.606. The zero-order chi connectivity index (χ0) is 40.4. The average Bonchev–Trinajstić information content (AvgIpc) is 3.73. The summed E-state index contributed by atoms with van der Waals surface area (Å²) >= 11 is 0. The molecule has 1 unspecified atom stereocenters. The number of phenolic OH excluding ortho intramolecular Hbond substituents is 2. The van der Waals surface area contributed by atoms with Crippen LogP contribution in [-0.2, 0) is 20.9 Å². The molecule has 292 valence electrons. The molecule has 6 rings (SSSR count). The Morgan fingerprint density at radius 2 is 1.66 bits per heavy atom. The lowest BCUT2D eigenvalue weighted by Gasteiger charge is -2.29. The summed E-state index contributed by atoms with van der Waals surface area (Å²) in [7, 11) is 0. The Morgan fingerprint density at radius 3 is 2.32 bits per heavy atom. The van der Waals surface area contributed by atoms with E-state index in [4.69, 9.17) is 0 Å². The number of carbonyl (C=O) groups is 6. The third kappa shape index (κ3) is 7.80. The lowest BCUT2D eigenvalue weighted by atomic mass is 9.98. The minimum atomic E-state index is -0.970. The van der Waals surface area contributed by atoms with Gasteiger partial charge >= 0.3 is 0 Å². The summed E-state index contributed by atoms with van der Waals surface area (Å²) in [5, 5.41) is 40.3. The number of aromatic hydroxyl groups is 2. The van der Waals surface area contributed by atoms with Gasteiger partial charge in [0.1, 0.15) is 23.6 Å². The molecule has 2 aliphatic heterocycles. The lowest BCUT2D eigenvalue weighted by molar-refractivity contribution is -0.137. The number of fused-ring (bicyclic) bond motifs is 1. The molecule has 1 saturated heterocycles. The van der Waals surface area contributed by atoms with Crippen molar-refractivity contribution >= 4 is 41.1 Å². The highest BCUT2D eigenvalue weighted by Crippen LogP contribution is 2.38. The SMILES string of the molecule is CCNC(=O)c1nnc(-c2cc(C(C)C)c(O)cc2O)n1-c1ccc(C(=O)N[C@@H](CC(C)C)C(=O)Nc2cccc3c2CN(C2CCC(=O)NC2=O)C3=O)cc1. The van der Waals surface area contributed by atoms with Crippen LogP contribution in [0.3, 0.4) is 0 Å². The quantitative estimate of drug-likeness (QED) is 0.115. The van der Waals surface area contributed by atoms with Gasteiger partial charge in [-0.05, 0) is 79.6 Å². The third-order valence-electron chi connectivity index (χ3n) is 9.77. The fourth-order valence-electron chi connectivity index (χ4n) is 6.95. The highest BCUT2D eigenvalue weighted by molar-refractivity contribution is 6.07. The Kier molecular flexibility index (Phi) is 11.2. The standard InChI is InChI=1S/C40H44N8O8/c1-6-41-39(55)35-46-45-34(26-17-25(21(4)5)31(49)18-32(26)50)48(35)23-12-10-22(11-13-23)36(52)43-29(16-20(2)3)37(53)42-28-9-7-8-24-27(28)19-47(40(24)56)30-14-15-33(51)44-38(30)54/h7-13,17-18,20-21,29-30,49-50H,6,14-16,19H2,1-5H3,(H,41,55)(H,42,53)(H,43,52)(H,44,51,54)/t29-,30?/m0/s1. The van der Waals surface area contributed by atoms with E-state index in [2.05, 4.69) is 31.5 Å². The third-order valence-corrected chi connectivity index (χ3v) is 9.77. The fraction of sp³-hybridized carbons (Fsp3) is 0.350. The molecular weight excluding hydrogens is 720 g/mol. The second-order valence-electron chi connectivity index (χ2n) is 14.5. The Labute approximate surface area is 322 Å². The van der Waals surface area contributed by atoms with Gasteiger partial charge in [-0.25, -0.2) is 0 Å². The molecule has 0 saturated carbocycles. The van der Waals surface area contributed by atoms with Gasteiger partial charge in [0, 0.05) is 53.6 Å². The highest BCUT2D eigenvalue weighted by Gasteiger charge is 2.40. The number of rotatable bonds is 12. The van der Waals surface area contributed by atoms with Crippen LogP contribution in [0.5, 0.6) is 11.5 Å². The van der Waals surface area contributed by atoms with Crippen LogP contribution in [0.4, 0.5) is 5.69 Å². The van der Waals surface area contributed by atoms with E-state index in [1.807, 2.05) is 27.7 Å². The first-order valence-corrected chi connectivity index (χ1v) is 18.5. The molecule has 0 radical (unpaired) electrons. The minimum absolute atomic E-state index is 0.00637. The van der Waals surface area contributed by atoms with E-state index < -0.39 is 35.7 Å². The Morgan fingerprint density at radius 1 is 0.929 bits per heavy atom. The topological polar surface area (TPSA) is 225 Å². The number of phenols is 2. The lowest BCUT2D eigenvalue weighted by Crippen LogP contribution is -2.52. The first kappa shape index (κ1) is 39.1. The molecule has 1 fully saturated rings.